The summed E-state index contributed by atoms with van der Waals surface area (Å²) in [6, 6.07) is 16.8. The van der Waals surface area contributed by atoms with Crippen LogP contribution in [-0.2, 0) is 11.3 Å². The largest absolute Gasteiger partial charge is 0.480 e. The van der Waals surface area contributed by atoms with E-state index in [1.165, 1.54) is 0 Å². The van der Waals surface area contributed by atoms with Crippen LogP contribution < -0.4 is 19.5 Å². The van der Waals surface area contributed by atoms with Crippen LogP contribution in [0.2, 0.25) is 5.02 Å². The number of hydrogen-bond donors (Lipinski definition) is 1. The molecule has 0 saturated heterocycles. The van der Waals surface area contributed by atoms with Crippen molar-refractivity contribution in [3.63, 3.8) is 0 Å². The molecule has 6 heteroatoms. The molecule has 1 amide bonds. The van der Waals surface area contributed by atoms with Gasteiger partial charge in [-0.3, -0.25) is 4.79 Å². The number of fused-ring (bicyclic) bond motifs is 2. The average Bonchev–Trinajstić information content (AvgIpc) is 3.16. The van der Waals surface area contributed by atoms with Gasteiger partial charge >= 0.3 is 0 Å². The fourth-order valence-corrected chi connectivity index (χ4v) is 3.19. The predicted octanol–water partition coefficient (Wildman–Crippen LogP) is 4.31. The fourth-order valence-electron chi connectivity index (χ4n) is 2.97. The first kappa shape index (κ1) is 17.5. The smallest absolute Gasteiger partial charge is 0.261 e. The third-order valence-electron chi connectivity index (χ3n) is 4.41. The number of ether oxygens (including phenoxy) is 3. The summed E-state index contributed by atoms with van der Waals surface area (Å²) in [5.41, 5.74) is 0.928. The van der Waals surface area contributed by atoms with Gasteiger partial charge in [-0.05, 0) is 36.8 Å². The maximum absolute atomic E-state index is 12.4. The number of halogens is 1. The Balaban J connectivity index is 1.42. The Morgan fingerprint density at radius 2 is 1.89 bits per heavy atom. The molecule has 1 atom stereocenters. The van der Waals surface area contributed by atoms with E-state index in [1.807, 2.05) is 42.5 Å². The summed E-state index contributed by atoms with van der Waals surface area (Å²) >= 11 is 6.23. The highest BCUT2D eigenvalue weighted by atomic mass is 35.5. The first-order valence-corrected chi connectivity index (χ1v) is 9.00. The number of carbonyl (C=O) groups excluding carboxylic acids is 1. The average molecular weight is 384 g/mol. The number of hydrogen-bond acceptors (Lipinski definition) is 4. The molecule has 1 N–H and O–H groups in total. The molecule has 0 aliphatic carbocycles. The van der Waals surface area contributed by atoms with Crippen LogP contribution in [0.3, 0.4) is 0 Å². The van der Waals surface area contributed by atoms with E-state index < -0.39 is 6.10 Å². The lowest BCUT2D eigenvalue weighted by Gasteiger charge is -2.17. The fraction of sp³-hybridized carbons (Fsp3) is 0.190. The molecular weight excluding hydrogens is 366 g/mol. The van der Waals surface area contributed by atoms with Gasteiger partial charge in [0.2, 0.25) is 6.79 Å². The van der Waals surface area contributed by atoms with Gasteiger partial charge in [0.25, 0.3) is 5.91 Å². The van der Waals surface area contributed by atoms with Crippen molar-refractivity contribution in [3.05, 3.63) is 65.2 Å². The van der Waals surface area contributed by atoms with Crippen LogP contribution in [0.5, 0.6) is 17.2 Å². The molecule has 5 nitrogen and oxygen atoms in total. The van der Waals surface area contributed by atoms with E-state index in [-0.39, 0.29) is 12.7 Å². The molecule has 4 rings (SSSR count). The van der Waals surface area contributed by atoms with Crippen molar-refractivity contribution in [3.8, 4) is 17.2 Å². The highest BCUT2D eigenvalue weighted by Crippen LogP contribution is 2.33. The minimum atomic E-state index is -0.649. The lowest BCUT2D eigenvalue weighted by Crippen LogP contribution is -2.35. The standard InChI is InChI=1S/C21H18ClNO4/c1-13(27-18-9-7-17(22)15-4-2-3-5-16(15)18)21(24)23-11-14-6-8-19-20(10-14)26-12-25-19/h2-10,13H,11-12H2,1H3,(H,23,24). The molecule has 27 heavy (non-hydrogen) atoms. The highest BCUT2D eigenvalue weighted by Gasteiger charge is 2.17. The Bertz CT molecular complexity index is 1000. The minimum Gasteiger partial charge on any atom is -0.480 e. The van der Waals surface area contributed by atoms with E-state index >= 15 is 0 Å². The third-order valence-corrected chi connectivity index (χ3v) is 4.74. The lowest BCUT2D eigenvalue weighted by molar-refractivity contribution is -0.127. The summed E-state index contributed by atoms with van der Waals surface area (Å²) in [4.78, 5) is 12.4. The van der Waals surface area contributed by atoms with Crippen molar-refractivity contribution in [2.75, 3.05) is 6.79 Å². The van der Waals surface area contributed by atoms with Gasteiger partial charge in [0, 0.05) is 22.3 Å². The van der Waals surface area contributed by atoms with Gasteiger partial charge < -0.3 is 19.5 Å². The van der Waals surface area contributed by atoms with Crippen molar-refractivity contribution in [2.24, 2.45) is 0 Å². The molecule has 0 radical (unpaired) electrons. The van der Waals surface area contributed by atoms with E-state index in [0.29, 0.717) is 23.1 Å². The van der Waals surface area contributed by atoms with E-state index in [1.54, 1.807) is 19.1 Å². The van der Waals surface area contributed by atoms with Crippen molar-refractivity contribution in [1.82, 2.24) is 5.32 Å². The van der Waals surface area contributed by atoms with Crippen molar-refractivity contribution in [2.45, 2.75) is 19.6 Å². The van der Waals surface area contributed by atoms with Gasteiger partial charge in [-0.2, -0.15) is 0 Å². The molecule has 1 unspecified atom stereocenters. The molecule has 1 aliphatic heterocycles. The van der Waals surface area contributed by atoms with Crippen LogP contribution in [0.1, 0.15) is 12.5 Å². The van der Waals surface area contributed by atoms with Crippen LogP contribution >= 0.6 is 11.6 Å². The summed E-state index contributed by atoms with van der Waals surface area (Å²) in [5, 5.41) is 5.30. The lowest BCUT2D eigenvalue weighted by atomic mass is 10.1. The zero-order chi connectivity index (χ0) is 18.8. The number of rotatable bonds is 5. The Morgan fingerprint density at radius 3 is 2.74 bits per heavy atom. The Labute approximate surface area is 161 Å². The zero-order valence-electron chi connectivity index (χ0n) is 14.7. The van der Waals surface area contributed by atoms with Crippen LogP contribution in [-0.4, -0.2) is 18.8 Å². The molecule has 0 spiro atoms. The molecule has 0 bridgehead atoms. The van der Waals surface area contributed by atoms with Gasteiger partial charge in [0.15, 0.2) is 17.6 Å². The second-order valence-electron chi connectivity index (χ2n) is 6.26. The predicted molar refractivity (Wildman–Crippen MR) is 103 cm³/mol. The molecule has 3 aromatic rings. The Hall–Kier alpha value is -2.92. The number of carbonyl (C=O) groups is 1. The SMILES string of the molecule is CC(Oc1ccc(Cl)c2ccccc12)C(=O)NCc1ccc2c(c1)OCO2. The Kier molecular flexibility index (Phi) is 4.77. The zero-order valence-corrected chi connectivity index (χ0v) is 15.5. The first-order chi connectivity index (χ1) is 13.1. The summed E-state index contributed by atoms with van der Waals surface area (Å²) in [5.74, 6) is 1.84. The van der Waals surface area contributed by atoms with Crippen LogP contribution in [0.4, 0.5) is 0 Å². The third kappa shape index (κ3) is 3.64. The number of amides is 1. The monoisotopic (exact) mass is 383 g/mol. The maximum Gasteiger partial charge on any atom is 0.261 e. The van der Waals surface area contributed by atoms with Crippen LogP contribution in [0, 0.1) is 0 Å². The second-order valence-corrected chi connectivity index (χ2v) is 6.66. The van der Waals surface area contributed by atoms with E-state index in [9.17, 15) is 4.79 Å². The molecule has 1 aliphatic rings. The quantitative estimate of drug-likeness (QED) is 0.713. The molecule has 3 aromatic carbocycles. The molecule has 0 aromatic heterocycles. The van der Waals surface area contributed by atoms with Crippen molar-refractivity contribution >= 4 is 28.3 Å². The molecular formula is C21H18ClNO4. The second kappa shape index (κ2) is 7.37. The molecule has 1 heterocycles. The first-order valence-electron chi connectivity index (χ1n) is 8.62. The van der Waals surface area contributed by atoms with Gasteiger partial charge in [0.05, 0.1) is 0 Å². The summed E-state index contributed by atoms with van der Waals surface area (Å²) in [7, 11) is 0. The molecule has 0 fully saturated rings. The van der Waals surface area contributed by atoms with Gasteiger partial charge in [-0.15, -0.1) is 0 Å². The van der Waals surface area contributed by atoms with Gasteiger partial charge in [-0.25, -0.2) is 0 Å². The number of nitrogens with one attached hydrogen (secondary N) is 1. The van der Waals surface area contributed by atoms with E-state index in [2.05, 4.69) is 5.32 Å². The van der Waals surface area contributed by atoms with Gasteiger partial charge in [0.1, 0.15) is 5.75 Å². The van der Waals surface area contributed by atoms with E-state index in [4.69, 9.17) is 25.8 Å². The van der Waals surface area contributed by atoms with Crippen molar-refractivity contribution in [1.29, 1.82) is 0 Å². The number of benzene rings is 3. The normalized spacial score (nSPS) is 13.4. The Morgan fingerprint density at radius 1 is 1.11 bits per heavy atom. The highest BCUT2D eigenvalue weighted by molar-refractivity contribution is 6.35. The molecule has 0 saturated carbocycles. The van der Waals surface area contributed by atoms with Crippen molar-refractivity contribution < 1.29 is 19.0 Å². The van der Waals surface area contributed by atoms with Crippen LogP contribution in [0.25, 0.3) is 10.8 Å². The summed E-state index contributed by atoms with van der Waals surface area (Å²) in [6.07, 6.45) is -0.649. The van der Waals surface area contributed by atoms with E-state index in [0.717, 1.165) is 22.1 Å². The van der Waals surface area contributed by atoms with Crippen LogP contribution in [0.15, 0.2) is 54.6 Å². The summed E-state index contributed by atoms with van der Waals surface area (Å²) in [6.45, 7) is 2.33. The topological polar surface area (TPSA) is 56.8 Å². The maximum atomic E-state index is 12.4. The summed E-state index contributed by atoms with van der Waals surface area (Å²) < 4.78 is 16.5. The minimum absolute atomic E-state index is 0.202. The van der Waals surface area contributed by atoms with Gasteiger partial charge in [-0.1, -0.05) is 41.9 Å². The molecule has 138 valence electrons.